The van der Waals surface area contributed by atoms with E-state index in [9.17, 15) is 19.2 Å². The third-order valence-electron chi connectivity index (χ3n) is 4.90. The first-order chi connectivity index (χ1) is 13.3. The summed E-state index contributed by atoms with van der Waals surface area (Å²) < 4.78 is 1.15. The number of rotatable bonds is 5. The minimum Gasteiger partial charge on any atom is -0.350 e. The van der Waals surface area contributed by atoms with E-state index in [2.05, 4.69) is 20.6 Å². The van der Waals surface area contributed by atoms with Crippen LogP contribution in [0.1, 0.15) is 46.7 Å². The van der Waals surface area contributed by atoms with Crippen molar-refractivity contribution < 1.29 is 9.59 Å². The van der Waals surface area contributed by atoms with Gasteiger partial charge >= 0.3 is 5.69 Å². The van der Waals surface area contributed by atoms with Crippen LogP contribution < -0.4 is 21.9 Å². The van der Waals surface area contributed by atoms with Crippen LogP contribution in [0.15, 0.2) is 21.2 Å². The molecule has 0 radical (unpaired) electrons. The van der Waals surface area contributed by atoms with Crippen LogP contribution in [0.4, 0.5) is 0 Å². The Labute approximate surface area is 165 Å². The predicted octanol–water partition coefficient (Wildman–Crippen LogP) is 0.444. The van der Waals surface area contributed by atoms with E-state index in [4.69, 9.17) is 0 Å². The zero-order valence-corrected chi connectivity index (χ0v) is 16.6. The van der Waals surface area contributed by atoms with Gasteiger partial charge < -0.3 is 15.2 Å². The van der Waals surface area contributed by atoms with E-state index in [-0.39, 0.29) is 23.4 Å². The van der Waals surface area contributed by atoms with E-state index in [1.165, 1.54) is 13.2 Å². The SMILES string of the molecule is Cc1nc(CNC(=O)C2CCC(NC(=O)c3cn(C)c(=O)[nH]c3=O)CC2)cs1. The minimum atomic E-state index is -0.703. The van der Waals surface area contributed by atoms with Gasteiger partial charge in [-0.05, 0) is 32.6 Å². The van der Waals surface area contributed by atoms with Gasteiger partial charge in [-0.15, -0.1) is 11.3 Å². The van der Waals surface area contributed by atoms with Crippen molar-refractivity contribution in [2.45, 2.75) is 45.2 Å². The number of nitrogens with one attached hydrogen (secondary N) is 3. The number of aryl methyl sites for hydroxylation is 2. The number of hydrogen-bond donors (Lipinski definition) is 3. The summed E-state index contributed by atoms with van der Waals surface area (Å²) in [4.78, 5) is 54.3. The monoisotopic (exact) mass is 405 g/mol. The molecule has 1 aliphatic carbocycles. The maximum Gasteiger partial charge on any atom is 0.328 e. The van der Waals surface area contributed by atoms with Gasteiger partial charge in [0.1, 0.15) is 5.56 Å². The third kappa shape index (κ3) is 4.75. The molecule has 0 spiro atoms. The van der Waals surface area contributed by atoms with Crippen molar-refractivity contribution in [3.8, 4) is 0 Å². The second-order valence-electron chi connectivity index (χ2n) is 7.01. The van der Waals surface area contributed by atoms with Crippen molar-refractivity contribution in [2.24, 2.45) is 13.0 Å². The topological polar surface area (TPSA) is 126 Å². The van der Waals surface area contributed by atoms with Crippen LogP contribution in [-0.2, 0) is 18.4 Å². The summed E-state index contributed by atoms with van der Waals surface area (Å²) in [6.45, 7) is 2.35. The quantitative estimate of drug-likeness (QED) is 0.666. The molecule has 0 aliphatic heterocycles. The standard InChI is InChI=1S/C18H23N5O4S/c1-10-20-13(9-28-10)7-19-15(24)11-3-5-12(6-4-11)21-16(25)14-8-23(2)18(27)22-17(14)26/h8-9,11-12H,3-7H2,1-2H3,(H,19,24)(H,21,25)(H,22,26,27). The average molecular weight is 405 g/mol. The highest BCUT2D eigenvalue weighted by molar-refractivity contribution is 7.09. The number of amides is 2. The molecular formula is C18H23N5O4S. The molecule has 2 amide bonds. The number of thiazole rings is 1. The van der Waals surface area contributed by atoms with Crippen molar-refractivity contribution in [3.05, 3.63) is 48.7 Å². The highest BCUT2D eigenvalue weighted by Gasteiger charge is 2.27. The summed E-state index contributed by atoms with van der Waals surface area (Å²) in [6, 6.07) is -0.102. The van der Waals surface area contributed by atoms with Crippen molar-refractivity contribution >= 4 is 23.2 Å². The summed E-state index contributed by atoms with van der Waals surface area (Å²) in [5.74, 6) is -0.595. The molecule has 3 rings (SSSR count). The number of nitrogens with zero attached hydrogens (tertiary/aromatic N) is 2. The highest BCUT2D eigenvalue weighted by atomic mass is 32.1. The molecule has 2 heterocycles. The summed E-state index contributed by atoms with van der Waals surface area (Å²) in [5.41, 5.74) is -0.508. The van der Waals surface area contributed by atoms with Gasteiger partial charge in [0.25, 0.3) is 11.5 Å². The first-order valence-corrected chi connectivity index (χ1v) is 10.0. The molecule has 150 valence electrons. The summed E-state index contributed by atoms with van der Waals surface area (Å²) >= 11 is 1.55. The molecule has 1 aliphatic rings. The Balaban J connectivity index is 1.49. The Bertz CT molecular complexity index is 984. The largest absolute Gasteiger partial charge is 0.350 e. The summed E-state index contributed by atoms with van der Waals surface area (Å²) in [6.07, 6.45) is 3.87. The van der Waals surface area contributed by atoms with Gasteiger partial charge in [0.05, 0.1) is 17.2 Å². The maximum atomic E-state index is 12.3. The number of aromatic amines is 1. The second-order valence-corrected chi connectivity index (χ2v) is 8.07. The van der Waals surface area contributed by atoms with Crippen LogP contribution in [0.3, 0.4) is 0 Å². The minimum absolute atomic E-state index is 0.00457. The Morgan fingerprint density at radius 3 is 2.64 bits per heavy atom. The van der Waals surface area contributed by atoms with Crippen LogP contribution >= 0.6 is 11.3 Å². The van der Waals surface area contributed by atoms with Gasteiger partial charge in [-0.25, -0.2) is 9.78 Å². The van der Waals surface area contributed by atoms with E-state index in [0.29, 0.717) is 32.2 Å². The van der Waals surface area contributed by atoms with Crippen LogP contribution in [-0.4, -0.2) is 32.4 Å². The number of hydrogen-bond acceptors (Lipinski definition) is 6. The Kier molecular flexibility index (Phi) is 6.08. The van der Waals surface area contributed by atoms with Crippen molar-refractivity contribution in [3.63, 3.8) is 0 Å². The van der Waals surface area contributed by atoms with E-state index < -0.39 is 17.2 Å². The fourth-order valence-corrected chi connectivity index (χ4v) is 3.91. The summed E-state index contributed by atoms with van der Waals surface area (Å²) in [7, 11) is 1.46. The van der Waals surface area contributed by atoms with Gasteiger partial charge in [-0.1, -0.05) is 0 Å². The van der Waals surface area contributed by atoms with Gasteiger partial charge in [-0.2, -0.15) is 0 Å². The molecule has 0 aromatic carbocycles. The smallest absolute Gasteiger partial charge is 0.328 e. The number of H-pyrrole nitrogens is 1. The molecule has 0 saturated heterocycles. The number of carbonyl (C=O) groups excluding carboxylic acids is 2. The summed E-state index contributed by atoms with van der Waals surface area (Å²) in [5, 5.41) is 8.65. The normalized spacial score (nSPS) is 19.2. The molecule has 1 saturated carbocycles. The lowest BCUT2D eigenvalue weighted by Crippen LogP contribution is -2.43. The first kappa shape index (κ1) is 20.0. The molecule has 10 heteroatoms. The van der Waals surface area contributed by atoms with Crippen molar-refractivity contribution in [1.29, 1.82) is 0 Å². The number of aromatic nitrogens is 3. The highest BCUT2D eigenvalue weighted by Crippen LogP contribution is 2.24. The zero-order chi connectivity index (χ0) is 20.3. The number of carbonyl (C=O) groups is 2. The van der Waals surface area contributed by atoms with Gasteiger partial charge in [0.15, 0.2) is 0 Å². The van der Waals surface area contributed by atoms with Crippen LogP contribution in [0.25, 0.3) is 0 Å². The molecule has 1 fully saturated rings. The fourth-order valence-electron chi connectivity index (χ4n) is 3.30. The lowest BCUT2D eigenvalue weighted by atomic mass is 9.85. The van der Waals surface area contributed by atoms with E-state index in [0.717, 1.165) is 15.3 Å². The first-order valence-electron chi connectivity index (χ1n) is 9.13. The Morgan fingerprint density at radius 2 is 2.00 bits per heavy atom. The molecule has 0 unspecified atom stereocenters. The van der Waals surface area contributed by atoms with Crippen LogP contribution in [0, 0.1) is 12.8 Å². The maximum absolute atomic E-state index is 12.3. The van der Waals surface area contributed by atoms with Gasteiger partial charge in [0, 0.05) is 30.6 Å². The van der Waals surface area contributed by atoms with Crippen molar-refractivity contribution in [2.75, 3.05) is 0 Å². The lowest BCUT2D eigenvalue weighted by molar-refractivity contribution is -0.126. The second kappa shape index (κ2) is 8.51. The molecule has 9 nitrogen and oxygen atoms in total. The van der Waals surface area contributed by atoms with Gasteiger partial charge in [-0.3, -0.25) is 19.4 Å². The van der Waals surface area contributed by atoms with Gasteiger partial charge in [0.2, 0.25) is 5.91 Å². The molecular weight excluding hydrogens is 382 g/mol. The van der Waals surface area contributed by atoms with E-state index >= 15 is 0 Å². The van der Waals surface area contributed by atoms with Crippen molar-refractivity contribution in [1.82, 2.24) is 25.2 Å². The third-order valence-corrected chi connectivity index (χ3v) is 5.72. The predicted molar refractivity (Wildman–Crippen MR) is 104 cm³/mol. The fraction of sp³-hybridized carbons (Fsp3) is 0.500. The molecule has 2 aromatic heterocycles. The van der Waals surface area contributed by atoms with Crippen LogP contribution in [0.5, 0.6) is 0 Å². The Morgan fingerprint density at radius 1 is 1.29 bits per heavy atom. The molecule has 3 N–H and O–H groups in total. The molecule has 0 bridgehead atoms. The molecule has 28 heavy (non-hydrogen) atoms. The molecule has 0 atom stereocenters. The molecule has 2 aromatic rings. The Hall–Kier alpha value is -2.75. The van der Waals surface area contributed by atoms with E-state index in [1.54, 1.807) is 11.3 Å². The van der Waals surface area contributed by atoms with Crippen LogP contribution in [0.2, 0.25) is 0 Å². The average Bonchev–Trinajstić information content (AvgIpc) is 3.08. The zero-order valence-electron chi connectivity index (χ0n) is 15.8. The van der Waals surface area contributed by atoms with E-state index in [1.807, 2.05) is 12.3 Å². The lowest BCUT2D eigenvalue weighted by Gasteiger charge is -2.28.